The first kappa shape index (κ1) is 11.0. The molecule has 0 atom stereocenters. The van der Waals surface area contributed by atoms with E-state index in [2.05, 4.69) is 4.98 Å². The Labute approximate surface area is 94.8 Å². The first-order valence-electron chi connectivity index (χ1n) is 4.66. The lowest BCUT2D eigenvalue weighted by molar-refractivity contribution is 0.0688. The number of aromatic carboxylic acids is 1. The molecule has 6 heteroatoms. The molecular weight excluding hydrogens is 227 g/mol. The van der Waals surface area contributed by atoms with Gasteiger partial charge in [0.2, 0.25) is 5.69 Å². The van der Waals surface area contributed by atoms with Crippen LogP contribution in [-0.4, -0.2) is 20.6 Å². The second-order valence-electron chi connectivity index (χ2n) is 3.24. The van der Waals surface area contributed by atoms with Crippen molar-refractivity contribution in [3.63, 3.8) is 0 Å². The number of hydrogen-bond acceptors (Lipinski definition) is 3. The highest BCUT2D eigenvalue weighted by Crippen LogP contribution is 2.07. The van der Waals surface area contributed by atoms with Gasteiger partial charge < -0.3 is 5.11 Å². The normalized spacial score (nSPS) is 10.2. The molecule has 0 amide bonds. The molecule has 0 saturated heterocycles. The Morgan fingerprint density at radius 3 is 2.82 bits per heavy atom. The fourth-order valence-electron chi connectivity index (χ4n) is 1.39. The Morgan fingerprint density at radius 2 is 2.18 bits per heavy atom. The SMILES string of the molecule is O=C(O)c1nccn(-c2cccc(F)c2)c1=O. The molecule has 0 unspecified atom stereocenters. The Bertz CT molecular complexity index is 637. The van der Waals surface area contributed by atoms with Gasteiger partial charge in [-0.3, -0.25) is 9.36 Å². The summed E-state index contributed by atoms with van der Waals surface area (Å²) >= 11 is 0. The van der Waals surface area contributed by atoms with Crippen LogP contribution in [-0.2, 0) is 0 Å². The average Bonchev–Trinajstić information content (AvgIpc) is 2.29. The number of rotatable bonds is 2. The van der Waals surface area contributed by atoms with Gasteiger partial charge in [-0.1, -0.05) is 6.07 Å². The molecule has 0 radical (unpaired) electrons. The van der Waals surface area contributed by atoms with Gasteiger partial charge in [0, 0.05) is 12.4 Å². The standard InChI is InChI=1S/C11H7FN2O3/c12-7-2-1-3-8(6-7)14-5-4-13-9(10(14)15)11(16)17/h1-6H,(H,16,17). The highest BCUT2D eigenvalue weighted by Gasteiger charge is 2.12. The zero-order valence-electron chi connectivity index (χ0n) is 8.50. The summed E-state index contributed by atoms with van der Waals surface area (Å²) in [6.45, 7) is 0. The maximum Gasteiger partial charge on any atom is 0.360 e. The number of halogens is 1. The molecule has 0 bridgehead atoms. The van der Waals surface area contributed by atoms with E-state index in [0.717, 1.165) is 10.6 Å². The maximum absolute atomic E-state index is 13.0. The van der Waals surface area contributed by atoms with Gasteiger partial charge in [-0.15, -0.1) is 0 Å². The summed E-state index contributed by atoms with van der Waals surface area (Å²) in [6, 6.07) is 5.29. The van der Waals surface area contributed by atoms with Crippen LogP contribution >= 0.6 is 0 Å². The largest absolute Gasteiger partial charge is 0.476 e. The molecule has 0 saturated carbocycles. The Kier molecular flexibility index (Phi) is 2.70. The van der Waals surface area contributed by atoms with E-state index in [-0.39, 0.29) is 5.69 Å². The highest BCUT2D eigenvalue weighted by atomic mass is 19.1. The van der Waals surface area contributed by atoms with E-state index in [1.54, 1.807) is 0 Å². The summed E-state index contributed by atoms with van der Waals surface area (Å²) in [6.07, 6.45) is 2.46. The lowest BCUT2D eigenvalue weighted by Gasteiger charge is -2.05. The third-order valence-corrected chi connectivity index (χ3v) is 2.13. The van der Waals surface area contributed by atoms with Gasteiger partial charge in [-0.2, -0.15) is 0 Å². The predicted molar refractivity (Wildman–Crippen MR) is 56.8 cm³/mol. The van der Waals surface area contributed by atoms with Crippen molar-refractivity contribution in [2.24, 2.45) is 0 Å². The predicted octanol–water partition coefficient (Wildman–Crippen LogP) is 1.07. The van der Waals surface area contributed by atoms with Gasteiger partial charge in [0.1, 0.15) is 5.82 Å². The molecule has 86 valence electrons. The third kappa shape index (κ3) is 2.05. The van der Waals surface area contributed by atoms with Crippen molar-refractivity contribution in [1.82, 2.24) is 9.55 Å². The van der Waals surface area contributed by atoms with Crippen LogP contribution in [0, 0.1) is 5.82 Å². The molecule has 5 nitrogen and oxygen atoms in total. The fraction of sp³-hybridized carbons (Fsp3) is 0. The van der Waals surface area contributed by atoms with Gasteiger partial charge in [-0.05, 0) is 18.2 Å². The third-order valence-electron chi connectivity index (χ3n) is 2.13. The maximum atomic E-state index is 13.0. The van der Waals surface area contributed by atoms with Crippen LogP contribution in [0.15, 0.2) is 41.5 Å². The van der Waals surface area contributed by atoms with Crippen molar-refractivity contribution in [3.05, 3.63) is 58.5 Å². The van der Waals surface area contributed by atoms with Crippen molar-refractivity contribution in [2.45, 2.75) is 0 Å². The Balaban J connectivity index is 2.65. The van der Waals surface area contributed by atoms with Crippen LogP contribution in [0.4, 0.5) is 4.39 Å². The van der Waals surface area contributed by atoms with E-state index >= 15 is 0 Å². The van der Waals surface area contributed by atoms with E-state index < -0.39 is 23.0 Å². The van der Waals surface area contributed by atoms with E-state index in [0.29, 0.717) is 0 Å². The average molecular weight is 234 g/mol. The van der Waals surface area contributed by atoms with Crippen LogP contribution in [0.2, 0.25) is 0 Å². The number of aromatic nitrogens is 2. The molecule has 0 aliphatic carbocycles. The van der Waals surface area contributed by atoms with Crippen molar-refractivity contribution < 1.29 is 14.3 Å². The minimum absolute atomic E-state index is 0.250. The lowest BCUT2D eigenvalue weighted by atomic mass is 10.3. The summed E-state index contributed by atoms with van der Waals surface area (Å²) < 4.78 is 14.0. The van der Waals surface area contributed by atoms with E-state index in [9.17, 15) is 14.0 Å². The lowest BCUT2D eigenvalue weighted by Crippen LogP contribution is -2.26. The molecule has 1 N–H and O–H groups in total. The highest BCUT2D eigenvalue weighted by molar-refractivity contribution is 5.84. The number of benzene rings is 1. The zero-order valence-corrected chi connectivity index (χ0v) is 8.50. The molecular formula is C11H7FN2O3. The number of carboxylic acid groups (broad SMARTS) is 1. The summed E-state index contributed by atoms with van der Waals surface area (Å²) in [5, 5.41) is 8.74. The monoisotopic (exact) mass is 234 g/mol. The molecule has 1 heterocycles. The summed E-state index contributed by atoms with van der Waals surface area (Å²) in [5.41, 5.74) is -1.15. The quantitative estimate of drug-likeness (QED) is 0.843. The van der Waals surface area contributed by atoms with E-state index in [4.69, 9.17) is 5.11 Å². The Morgan fingerprint density at radius 1 is 1.41 bits per heavy atom. The second kappa shape index (κ2) is 4.17. The van der Waals surface area contributed by atoms with Gasteiger partial charge in [0.25, 0.3) is 5.56 Å². The number of carboxylic acids is 1. The van der Waals surface area contributed by atoms with Crippen molar-refractivity contribution in [1.29, 1.82) is 0 Å². The van der Waals surface area contributed by atoms with Crippen LogP contribution in [0.3, 0.4) is 0 Å². The van der Waals surface area contributed by atoms with Crippen molar-refractivity contribution in [2.75, 3.05) is 0 Å². The molecule has 1 aromatic heterocycles. The second-order valence-corrected chi connectivity index (χ2v) is 3.24. The zero-order chi connectivity index (χ0) is 12.4. The van der Waals surface area contributed by atoms with Gasteiger partial charge >= 0.3 is 5.97 Å². The van der Waals surface area contributed by atoms with Crippen LogP contribution in [0.1, 0.15) is 10.5 Å². The first-order chi connectivity index (χ1) is 8.09. The van der Waals surface area contributed by atoms with E-state index in [1.165, 1.54) is 30.6 Å². The van der Waals surface area contributed by atoms with Gasteiger partial charge in [-0.25, -0.2) is 14.2 Å². The summed E-state index contributed by atoms with van der Waals surface area (Å²) in [4.78, 5) is 25.9. The summed E-state index contributed by atoms with van der Waals surface area (Å²) in [7, 11) is 0. The fourth-order valence-corrected chi connectivity index (χ4v) is 1.39. The van der Waals surface area contributed by atoms with Crippen molar-refractivity contribution >= 4 is 5.97 Å². The van der Waals surface area contributed by atoms with Gasteiger partial charge in [0.05, 0.1) is 5.69 Å². The minimum Gasteiger partial charge on any atom is -0.476 e. The molecule has 0 aliphatic rings. The molecule has 2 aromatic rings. The summed E-state index contributed by atoms with van der Waals surface area (Å²) in [5.74, 6) is -1.93. The topological polar surface area (TPSA) is 72.2 Å². The molecule has 0 spiro atoms. The smallest absolute Gasteiger partial charge is 0.360 e. The van der Waals surface area contributed by atoms with Gasteiger partial charge in [0.15, 0.2) is 0 Å². The molecule has 17 heavy (non-hydrogen) atoms. The van der Waals surface area contributed by atoms with Crippen molar-refractivity contribution in [3.8, 4) is 5.69 Å². The molecule has 0 fully saturated rings. The molecule has 1 aromatic carbocycles. The van der Waals surface area contributed by atoms with E-state index in [1.807, 2.05) is 0 Å². The minimum atomic E-state index is -1.42. The van der Waals surface area contributed by atoms with Crippen LogP contribution < -0.4 is 5.56 Å². The number of nitrogens with zero attached hydrogens (tertiary/aromatic N) is 2. The Hall–Kier alpha value is -2.50. The number of carbonyl (C=O) groups is 1. The number of hydrogen-bond donors (Lipinski definition) is 1. The molecule has 2 rings (SSSR count). The van der Waals surface area contributed by atoms with Crippen LogP contribution in [0.5, 0.6) is 0 Å². The first-order valence-corrected chi connectivity index (χ1v) is 4.66. The van der Waals surface area contributed by atoms with Crippen LogP contribution in [0.25, 0.3) is 5.69 Å². The molecule has 0 aliphatic heterocycles.